The lowest BCUT2D eigenvalue weighted by atomic mass is 9.99. The van der Waals surface area contributed by atoms with Crippen molar-refractivity contribution in [2.45, 2.75) is 39.3 Å². The molecule has 2 aliphatic heterocycles. The van der Waals surface area contributed by atoms with Crippen LogP contribution >= 0.6 is 23.2 Å². The zero-order valence-corrected chi connectivity index (χ0v) is 17.0. The summed E-state index contributed by atoms with van der Waals surface area (Å²) in [5.41, 5.74) is 2.86. The van der Waals surface area contributed by atoms with Crippen molar-refractivity contribution >= 4 is 29.2 Å². The quantitative estimate of drug-likeness (QED) is 0.840. The predicted molar refractivity (Wildman–Crippen MR) is 110 cm³/mol. The lowest BCUT2D eigenvalue weighted by Crippen LogP contribution is -2.39. The van der Waals surface area contributed by atoms with E-state index in [0.29, 0.717) is 16.6 Å². The highest BCUT2D eigenvalue weighted by molar-refractivity contribution is 6.42. The first kappa shape index (κ1) is 18.8. The lowest BCUT2D eigenvalue weighted by molar-refractivity contribution is 0.240. The number of rotatable bonds is 3. The summed E-state index contributed by atoms with van der Waals surface area (Å²) < 4.78 is 0. The molecule has 1 saturated heterocycles. The summed E-state index contributed by atoms with van der Waals surface area (Å²) in [6, 6.07) is 5.73. The minimum absolute atomic E-state index is 0.0165. The van der Waals surface area contributed by atoms with E-state index >= 15 is 0 Å². The van der Waals surface area contributed by atoms with Gasteiger partial charge in [-0.3, -0.25) is 14.7 Å². The number of benzene rings is 1. The van der Waals surface area contributed by atoms with Gasteiger partial charge in [-0.05, 0) is 42.9 Å². The first-order chi connectivity index (χ1) is 13.0. The third-order valence-corrected chi connectivity index (χ3v) is 6.35. The molecular formula is C20H24Cl2N4O. The number of aromatic amines is 1. The molecule has 3 heterocycles. The van der Waals surface area contributed by atoms with Gasteiger partial charge in [0, 0.05) is 38.3 Å². The maximum Gasteiger partial charge on any atom is 0.255 e. The zero-order chi connectivity index (χ0) is 19.0. The second-order valence-electron chi connectivity index (χ2n) is 7.69. The third-order valence-electron chi connectivity index (χ3n) is 5.61. The number of H-pyrrole nitrogens is 1. The molecule has 1 fully saturated rings. The van der Waals surface area contributed by atoms with Crippen molar-refractivity contribution < 1.29 is 0 Å². The second kappa shape index (κ2) is 7.82. The van der Waals surface area contributed by atoms with E-state index in [9.17, 15) is 4.79 Å². The Morgan fingerprint density at radius 1 is 1.19 bits per heavy atom. The molecule has 2 aliphatic rings. The van der Waals surface area contributed by atoms with Crippen molar-refractivity contribution in [3.8, 4) is 0 Å². The Morgan fingerprint density at radius 3 is 2.70 bits per heavy atom. The molecule has 27 heavy (non-hydrogen) atoms. The summed E-state index contributed by atoms with van der Waals surface area (Å²) in [5, 5.41) is 1.14. The standard InChI is InChI=1S/C20H24Cl2N4O/c1-13-4-8-26(9-5-13)20-23-18-12-25(7-6-15(18)19(27)24-20)11-14-2-3-16(21)17(22)10-14/h2-3,10,13H,4-9,11-12H2,1H3,(H,23,24,27). The van der Waals surface area contributed by atoms with Gasteiger partial charge in [0.2, 0.25) is 5.95 Å². The zero-order valence-electron chi connectivity index (χ0n) is 15.5. The van der Waals surface area contributed by atoms with Crippen LogP contribution in [0.2, 0.25) is 10.0 Å². The van der Waals surface area contributed by atoms with Crippen molar-refractivity contribution in [3.05, 3.63) is 55.4 Å². The van der Waals surface area contributed by atoms with Gasteiger partial charge in [-0.1, -0.05) is 36.2 Å². The topological polar surface area (TPSA) is 52.2 Å². The molecule has 0 aliphatic carbocycles. The fourth-order valence-electron chi connectivity index (χ4n) is 3.88. The van der Waals surface area contributed by atoms with E-state index in [-0.39, 0.29) is 5.56 Å². The van der Waals surface area contributed by atoms with Crippen LogP contribution in [0.25, 0.3) is 0 Å². The van der Waals surface area contributed by atoms with Crippen LogP contribution in [0, 0.1) is 5.92 Å². The van der Waals surface area contributed by atoms with E-state index in [2.05, 4.69) is 21.7 Å². The van der Waals surface area contributed by atoms with Gasteiger partial charge < -0.3 is 4.90 Å². The number of anilines is 1. The number of nitrogens with zero attached hydrogens (tertiary/aromatic N) is 3. The van der Waals surface area contributed by atoms with Crippen molar-refractivity contribution in [3.63, 3.8) is 0 Å². The monoisotopic (exact) mass is 406 g/mol. The molecule has 4 rings (SSSR count). The Balaban J connectivity index is 1.52. The van der Waals surface area contributed by atoms with E-state index in [1.54, 1.807) is 0 Å². The molecule has 0 radical (unpaired) electrons. The molecule has 5 nitrogen and oxygen atoms in total. The molecule has 0 atom stereocenters. The molecule has 2 aromatic rings. The Kier molecular flexibility index (Phi) is 5.44. The van der Waals surface area contributed by atoms with Gasteiger partial charge in [-0.25, -0.2) is 4.98 Å². The molecular weight excluding hydrogens is 383 g/mol. The highest BCUT2D eigenvalue weighted by Gasteiger charge is 2.24. The fraction of sp³-hybridized carbons (Fsp3) is 0.500. The molecule has 1 aromatic carbocycles. The van der Waals surface area contributed by atoms with Crippen LogP contribution in [0.15, 0.2) is 23.0 Å². The maximum absolute atomic E-state index is 12.6. The average Bonchev–Trinajstić information content (AvgIpc) is 2.65. The SMILES string of the molecule is CC1CCN(c2nc3c(c(=O)[nH]2)CCN(Cc2ccc(Cl)c(Cl)c2)C3)CC1. The minimum atomic E-state index is 0.0165. The van der Waals surface area contributed by atoms with Gasteiger partial charge in [0.1, 0.15) is 0 Å². The Labute approximate surface area is 169 Å². The summed E-state index contributed by atoms with van der Waals surface area (Å²) in [6.45, 7) is 6.46. The van der Waals surface area contributed by atoms with Gasteiger partial charge in [-0.15, -0.1) is 0 Å². The Morgan fingerprint density at radius 2 is 1.96 bits per heavy atom. The molecule has 0 amide bonds. The van der Waals surface area contributed by atoms with Crippen LogP contribution in [0.4, 0.5) is 5.95 Å². The highest BCUT2D eigenvalue weighted by atomic mass is 35.5. The third kappa shape index (κ3) is 4.15. The number of fused-ring (bicyclic) bond motifs is 1. The first-order valence-electron chi connectivity index (χ1n) is 9.53. The van der Waals surface area contributed by atoms with E-state index in [1.807, 2.05) is 18.2 Å². The fourth-order valence-corrected chi connectivity index (χ4v) is 4.20. The number of nitrogens with one attached hydrogen (secondary N) is 1. The number of aromatic nitrogens is 2. The van der Waals surface area contributed by atoms with Crippen LogP contribution in [0.1, 0.15) is 36.6 Å². The van der Waals surface area contributed by atoms with Crippen molar-refractivity contribution in [2.24, 2.45) is 5.92 Å². The maximum atomic E-state index is 12.6. The van der Waals surface area contributed by atoms with Gasteiger partial charge in [0.15, 0.2) is 0 Å². The van der Waals surface area contributed by atoms with E-state index in [1.165, 1.54) is 0 Å². The smallest absolute Gasteiger partial charge is 0.255 e. The van der Waals surface area contributed by atoms with Gasteiger partial charge in [-0.2, -0.15) is 0 Å². The molecule has 0 unspecified atom stereocenters. The predicted octanol–water partition coefficient (Wildman–Crippen LogP) is 3.87. The van der Waals surface area contributed by atoms with Crippen molar-refractivity contribution in [1.29, 1.82) is 0 Å². The van der Waals surface area contributed by atoms with Gasteiger partial charge in [0.05, 0.1) is 15.7 Å². The molecule has 144 valence electrons. The molecule has 0 saturated carbocycles. The number of halogens is 2. The van der Waals surface area contributed by atoms with Gasteiger partial charge in [0.25, 0.3) is 5.56 Å². The molecule has 0 bridgehead atoms. The van der Waals surface area contributed by atoms with E-state index in [4.69, 9.17) is 28.2 Å². The summed E-state index contributed by atoms with van der Waals surface area (Å²) in [6.07, 6.45) is 3.00. The second-order valence-corrected chi connectivity index (χ2v) is 8.51. The Hall–Kier alpha value is -1.56. The number of hydrogen-bond donors (Lipinski definition) is 1. The average molecular weight is 407 g/mol. The van der Waals surface area contributed by atoms with Crippen molar-refractivity contribution in [1.82, 2.24) is 14.9 Å². The van der Waals surface area contributed by atoms with Crippen LogP contribution < -0.4 is 10.5 Å². The van der Waals surface area contributed by atoms with Crippen LogP contribution in [-0.4, -0.2) is 34.5 Å². The molecule has 1 N–H and O–H groups in total. The molecule has 7 heteroatoms. The normalized spacial score (nSPS) is 18.6. The van der Waals surface area contributed by atoms with E-state index in [0.717, 1.165) is 74.1 Å². The summed E-state index contributed by atoms with van der Waals surface area (Å²) in [5.74, 6) is 1.47. The lowest BCUT2D eigenvalue weighted by Gasteiger charge is -2.32. The number of piperidine rings is 1. The first-order valence-corrected chi connectivity index (χ1v) is 10.3. The number of hydrogen-bond acceptors (Lipinski definition) is 4. The highest BCUT2D eigenvalue weighted by Crippen LogP contribution is 2.25. The summed E-state index contributed by atoms with van der Waals surface area (Å²) in [4.78, 5) is 24.9. The van der Waals surface area contributed by atoms with Crippen LogP contribution in [0.3, 0.4) is 0 Å². The van der Waals surface area contributed by atoms with Crippen LogP contribution in [0.5, 0.6) is 0 Å². The summed E-state index contributed by atoms with van der Waals surface area (Å²) >= 11 is 12.1. The minimum Gasteiger partial charge on any atom is -0.342 e. The van der Waals surface area contributed by atoms with Crippen molar-refractivity contribution in [2.75, 3.05) is 24.5 Å². The van der Waals surface area contributed by atoms with Crippen LogP contribution in [-0.2, 0) is 19.5 Å². The van der Waals surface area contributed by atoms with Gasteiger partial charge >= 0.3 is 0 Å². The molecule has 0 spiro atoms. The molecule has 1 aromatic heterocycles. The largest absolute Gasteiger partial charge is 0.342 e. The Bertz CT molecular complexity index is 890. The van der Waals surface area contributed by atoms with E-state index < -0.39 is 0 Å². The summed E-state index contributed by atoms with van der Waals surface area (Å²) in [7, 11) is 0.